The minimum atomic E-state index is -0.236. The zero-order valence-corrected chi connectivity index (χ0v) is 17.0. The third kappa shape index (κ3) is 4.38. The van der Waals surface area contributed by atoms with Crippen molar-refractivity contribution >= 4 is 29.0 Å². The molecule has 148 valence electrons. The Morgan fingerprint density at radius 2 is 1.86 bits per heavy atom. The third-order valence-electron chi connectivity index (χ3n) is 4.07. The monoisotopic (exact) mass is 428 g/mol. The summed E-state index contributed by atoms with van der Waals surface area (Å²) < 4.78 is 12.7. The minimum Gasteiger partial charge on any atom is -0.493 e. The van der Waals surface area contributed by atoms with Crippen molar-refractivity contribution in [3.05, 3.63) is 70.0 Å². The molecule has 1 N–H and O–H groups in total. The highest BCUT2D eigenvalue weighted by atomic mass is 35.5. The van der Waals surface area contributed by atoms with Crippen LogP contribution in [-0.4, -0.2) is 39.1 Å². The molecule has 2 aromatic heterocycles. The van der Waals surface area contributed by atoms with Gasteiger partial charge in [0.1, 0.15) is 0 Å². The van der Waals surface area contributed by atoms with Gasteiger partial charge in [0.25, 0.3) is 5.56 Å². The van der Waals surface area contributed by atoms with E-state index in [0.29, 0.717) is 45.5 Å². The summed E-state index contributed by atoms with van der Waals surface area (Å²) in [5.74, 6) is 2.50. The predicted molar refractivity (Wildman–Crippen MR) is 113 cm³/mol. The Labute approximate surface area is 175 Å². The summed E-state index contributed by atoms with van der Waals surface area (Å²) in [6.07, 6.45) is 0. The molecule has 0 radical (unpaired) electrons. The summed E-state index contributed by atoms with van der Waals surface area (Å²) in [5.41, 5.74) is 1.08. The molecule has 0 atom stereocenters. The fraction of sp³-hybridized carbons (Fsp3) is 0.150. The molecule has 0 aliphatic rings. The number of nitrogens with one attached hydrogen (secondary N) is 1. The Hall–Kier alpha value is -2.97. The van der Waals surface area contributed by atoms with Gasteiger partial charge in [-0.2, -0.15) is 0 Å². The van der Waals surface area contributed by atoms with Gasteiger partial charge in [-0.1, -0.05) is 35.5 Å². The maximum atomic E-state index is 11.8. The fourth-order valence-electron chi connectivity index (χ4n) is 2.73. The number of methoxy groups -OCH3 is 1. The van der Waals surface area contributed by atoms with Crippen LogP contribution < -0.4 is 15.0 Å². The van der Waals surface area contributed by atoms with Gasteiger partial charge in [-0.15, -0.1) is 0 Å². The Kier molecular flexibility index (Phi) is 5.73. The predicted octanol–water partition coefficient (Wildman–Crippen LogP) is 3.92. The molecule has 0 aliphatic heterocycles. The van der Waals surface area contributed by atoms with Gasteiger partial charge in [0.05, 0.1) is 13.7 Å². The lowest BCUT2D eigenvalue weighted by atomic mass is 10.2. The van der Waals surface area contributed by atoms with Gasteiger partial charge in [0.15, 0.2) is 28.1 Å². The zero-order chi connectivity index (χ0) is 20.2. The number of benzene rings is 2. The summed E-state index contributed by atoms with van der Waals surface area (Å²) in [4.78, 5) is 20.9. The van der Waals surface area contributed by atoms with Crippen LogP contribution in [0, 0.1) is 0 Å². The van der Waals surface area contributed by atoms with Crippen LogP contribution in [0.5, 0.6) is 11.5 Å². The van der Waals surface area contributed by atoms with Crippen molar-refractivity contribution in [2.24, 2.45) is 0 Å². The van der Waals surface area contributed by atoms with Crippen LogP contribution in [0.15, 0.2) is 64.5 Å². The number of hydrogen-bond donors (Lipinski definition) is 1. The molecule has 2 heterocycles. The Bertz CT molecular complexity index is 1190. The second-order valence-electron chi connectivity index (χ2n) is 6.00. The number of aromatic amines is 1. The van der Waals surface area contributed by atoms with Crippen LogP contribution in [0.4, 0.5) is 0 Å². The first-order valence-corrected chi connectivity index (χ1v) is 10.1. The van der Waals surface area contributed by atoms with Crippen LogP contribution in [-0.2, 0) is 0 Å². The SMILES string of the molecule is COc1ccccc1OCCSc1nc(-c2ccc(Cl)cc2)nc2cc(=O)[nH]n12. The van der Waals surface area contributed by atoms with Crippen molar-refractivity contribution in [3.8, 4) is 22.9 Å². The highest BCUT2D eigenvalue weighted by Crippen LogP contribution is 2.27. The number of ether oxygens (including phenoxy) is 2. The summed E-state index contributed by atoms with van der Waals surface area (Å²) in [6, 6.07) is 16.2. The van der Waals surface area contributed by atoms with Crippen molar-refractivity contribution < 1.29 is 9.47 Å². The number of rotatable bonds is 7. The minimum absolute atomic E-state index is 0.236. The number of nitrogens with zero attached hydrogens (tertiary/aromatic N) is 3. The molecule has 9 heteroatoms. The van der Waals surface area contributed by atoms with Crippen molar-refractivity contribution in [1.29, 1.82) is 0 Å². The first kappa shape index (κ1) is 19.4. The van der Waals surface area contributed by atoms with Crippen LogP contribution in [0.1, 0.15) is 0 Å². The van der Waals surface area contributed by atoms with Gasteiger partial charge in [0.2, 0.25) is 0 Å². The van der Waals surface area contributed by atoms with Crippen molar-refractivity contribution in [2.75, 3.05) is 19.5 Å². The quantitative estimate of drug-likeness (QED) is 0.355. The first-order chi connectivity index (χ1) is 14.1. The molecular formula is C20H17ClN4O3S. The first-order valence-electron chi connectivity index (χ1n) is 8.78. The summed E-state index contributed by atoms with van der Waals surface area (Å²) >= 11 is 7.42. The highest BCUT2D eigenvalue weighted by molar-refractivity contribution is 7.99. The second kappa shape index (κ2) is 8.59. The molecule has 2 aromatic carbocycles. The van der Waals surface area contributed by atoms with Crippen molar-refractivity contribution in [2.45, 2.75) is 5.16 Å². The number of hydrogen-bond acceptors (Lipinski definition) is 6. The van der Waals surface area contributed by atoms with Gasteiger partial charge >= 0.3 is 0 Å². The third-order valence-corrected chi connectivity index (χ3v) is 5.22. The molecule has 0 spiro atoms. The molecule has 29 heavy (non-hydrogen) atoms. The van der Waals surface area contributed by atoms with Crippen LogP contribution in [0.2, 0.25) is 5.02 Å². The van der Waals surface area contributed by atoms with E-state index in [1.165, 1.54) is 17.8 Å². The van der Waals surface area contributed by atoms with Crippen molar-refractivity contribution in [3.63, 3.8) is 0 Å². The highest BCUT2D eigenvalue weighted by Gasteiger charge is 2.12. The smallest absolute Gasteiger partial charge is 0.266 e. The molecule has 4 rings (SSSR count). The number of thioether (sulfide) groups is 1. The summed E-state index contributed by atoms with van der Waals surface area (Å²) in [6.45, 7) is 0.443. The Morgan fingerprint density at radius 3 is 2.62 bits per heavy atom. The largest absolute Gasteiger partial charge is 0.493 e. The van der Waals surface area contributed by atoms with E-state index in [1.54, 1.807) is 23.8 Å². The Balaban J connectivity index is 1.54. The van der Waals surface area contributed by atoms with E-state index in [1.807, 2.05) is 36.4 Å². The maximum Gasteiger partial charge on any atom is 0.266 e. The summed E-state index contributed by atoms with van der Waals surface area (Å²) in [5, 5.41) is 3.98. The number of halogens is 1. The molecule has 0 fully saturated rings. The summed E-state index contributed by atoms with van der Waals surface area (Å²) in [7, 11) is 1.61. The van der Waals surface area contributed by atoms with E-state index in [-0.39, 0.29) is 5.56 Å². The van der Waals surface area contributed by atoms with Crippen molar-refractivity contribution in [1.82, 2.24) is 19.6 Å². The van der Waals surface area contributed by atoms with E-state index in [0.717, 1.165) is 5.56 Å². The molecule has 0 amide bonds. The molecule has 4 aromatic rings. The van der Waals surface area contributed by atoms with Gasteiger partial charge in [-0.05, 0) is 36.4 Å². The molecule has 0 aliphatic carbocycles. The van der Waals surface area contributed by atoms with E-state index in [4.69, 9.17) is 21.1 Å². The van der Waals surface area contributed by atoms with E-state index in [9.17, 15) is 4.79 Å². The molecule has 0 saturated carbocycles. The topological polar surface area (TPSA) is 81.5 Å². The van der Waals surface area contributed by atoms with Gasteiger partial charge in [-0.3, -0.25) is 9.89 Å². The number of fused-ring (bicyclic) bond motifs is 1. The van der Waals surface area contributed by atoms with E-state index in [2.05, 4.69) is 15.1 Å². The second-order valence-corrected chi connectivity index (χ2v) is 7.50. The lowest BCUT2D eigenvalue weighted by Gasteiger charge is -2.10. The lowest BCUT2D eigenvalue weighted by Crippen LogP contribution is -2.07. The molecule has 7 nitrogen and oxygen atoms in total. The number of para-hydroxylation sites is 2. The fourth-order valence-corrected chi connectivity index (χ4v) is 3.63. The molecule has 0 unspecified atom stereocenters. The Morgan fingerprint density at radius 1 is 1.10 bits per heavy atom. The number of H-pyrrole nitrogens is 1. The van der Waals surface area contributed by atoms with E-state index >= 15 is 0 Å². The molecule has 0 saturated heterocycles. The average Bonchev–Trinajstić information content (AvgIpc) is 3.12. The van der Waals surface area contributed by atoms with Gasteiger partial charge in [0, 0.05) is 22.4 Å². The van der Waals surface area contributed by atoms with Gasteiger partial charge in [-0.25, -0.2) is 14.5 Å². The van der Waals surface area contributed by atoms with Gasteiger partial charge < -0.3 is 9.47 Å². The standard InChI is InChI=1S/C20H17ClN4O3S/c1-27-15-4-2-3-5-16(15)28-10-11-29-20-23-19(13-6-8-14(21)9-7-13)22-17-12-18(26)24-25(17)20/h2-9,12H,10-11H2,1H3,(H,24,26). The van der Waals surface area contributed by atoms with Crippen LogP contribution in [0.25, 0.3) is 17.0 Å². The molecule has 0 bridgehead atoms. The number of aromatic nitrogens is 4. The van der Waals surface area contributed by atoms with Crippen LogP contribution in [0.3, 0.4) is 0 Å². The zero-order valence-electron chi connectivity index (χ0n) is 15.5. The maximum absolute atomic E-state index is 11.8. The lowest BCUT2D eigenvalue weighted by molar-refractivity contribution is 0.313. The molecular weight excluding hydrogens is 412 g/mol. The van der Waals surface area contributed by atoms with Crippen LogP contribution >= 0.6 is 23.4 Å². The van der Waals surface area contributed by atoms with E-state index < -0.39 is 0 Å². The average molecular weight is 429 g/mol. The normalized spacial score (nSPS) is 11.0.